The van der Waals surface area contributed by atoms with E-state index >= 15 is 0 Å². The summed E-state index contributed by atoms with van der Waals surface area (Å²) in [6.07, 6.45) is 2.98. The zero-order valence-electron chi connectivity index (χ0n) is 11.2. The molecule has 8 heteroatoms. The number of hydrogen-bond donors (Lipinski definition) is 3. The highest BCUT2D eigenvalue weighted by Crippen LogP contribution is 2.21. The van der Waals surface area contributed by atoms with Crippen molar-refractivity contribution in [3.05, 3.63) is 53.4 Å². The summed E-state index contributed by atoms with van der Waals surface area (Å²) >= 11 is 0. The average Bonchev–Trinajstić information content (AvgIpc) is 2.96. The van der Waals surface area contributed by atoms with E-state index in [0.29, 0.717) is 16.7 Å². The maximum Gasteiger partial charge on any atom is 0.255 e. The van der Waals surface area contributed by atoms with Gasteiger partial charge in [0.25, 0.3) is 5.91 Å². The minimum absolute atomic E-state index is 0.138. The van der Waals surface area contributed by atoms with Crippen molar-refractivity contribution in [1.29, 1.82) is 0 Å². The van der Waals surface area contributed by atoms with Crippen LogP contribution in [0.5, 0.6) is 0 Å². The SMILES string of the molecule is NCc1c(F)cc(C(=O)Nc2ccnc3[nH]ncc23)cc1F. The standard InChI is InChI=1S/C14H11F2N5O/c15-10-3-7(4-11(16)8(10)5-17)14(22)20-12-1-2-18-13-9(12)6-19-21-13/h1-4,6H,5,17H2,(H2,18,19,20,21,22). The maximum atomic E-state index is 13.7. The van der Waals surface area contributed by atoms with E-state index in [1.807, 2.05) is 0 Å². The first-order chi connectivity index (χ1) is 10.6. The van der Waals surface area contributed by atoms with Gasteiger partial charge in [0.15, 0.2) is 5.65 Å². The number of anilines is 1. The third kappa shape index (κ3) is 2.40. The number of fused-ring (bicyclic) bond motifs is 1. The van der Waals surface area contributed by atoms with Crippen LogP contribution in [0.25, 0.3) is 11.0 Å². The molecule has 1 amide bonds. The van der Waals surface area contributed by atoms with Crippen LogP contribution in [0, 0.1) is 11.6 Å². The van der Waals surface area contributed by atoms with Gasteiger partial charge < -0.3 is 11.1 Å². The lowest BCUT2D eigenvalue weighted by atomic mass is 10.1. The summed E-state index contributed by atoms with van der Waals surface area (Å²) in [5, 5.41) is 9.65. The van der Waals surface area contributed by atoms with Crippen molar-refractivity contribution in [3.8, 4) is 0 Å². The fourth-order valence-corrected chi connectivity index (χ4v) is 2.08. The monoisotopic (exact) mass is 303 g/mol. The van der Waals surface area contributed by atoms with Crippen LogP contribution in [-0.4, -0.2) is 21.1 Å². The van der Waals surface area contributed by atoms with Gasteiger partial charge in [0, 0.05) is 23.9 Å². The molecule has 0 aliphatic carbocycles. The number of halogens is 2. The first kappa shape index (κ1) is 14.1. The van der Waals surface area contributed by atoms with Crippen molar-refractivity contribution < 1.29 is 13.6 Å². The number of hydrogen-bond acceptors (Lipinski definition) is 4. The summed E-state index contributed by atoms with van der Waals surface area (Å²) < 4.78 is 27.4. The van der Waals surface area contributed by atoms with Crippen LogP contribution in [0.3, 0.4) is 0 Å². The Morgan fingerprint density at radius 1 is 1.32 bits per heavy atom. The van der Waals surface area contributed by atoms with Crippen LogP contribution in [0.4, 0.5) is 14.5 Å². The van der Waals surface area contributed by atoms with E-state index < -0.39 is 17.5 Å². The minimum Gasteiger partial charge on any atom is -0.326 e. The summed E-state index contributed by atoms with van der Waals surface area (Å²) in [7, 11) is 0. The van der Waals surface area contributed by atoms with Gasteiger partial charge in [-0.25, -0.2) is 13.8 Å². The third-order valence-corrected chi connectivity index (χ3v) is 3.21. The van der Waals surface area contributed by atoms with Crippen molar-refractivity contribution in [2.24, 2.45) is 5.73 Å². The molecule has 0 saturated carbocycles. The predicted octanol–water partition coefficient (Wildman–Crippen LogP) is 1.95. The molecule has 0 unspecified atom stereocenters. The van der Waals surface area contributed by atoms with Gasteiger partial charge in [-0.2, -0.15) is 5.10 Å². The molecule has 0 aliphatic heterocycles. The zero-order valence-corrected chi connectivity index (χ0v) is 11.2. The fraction of sp³-hybridized carbons (Fsp3) is 0.0714. The van der Waals surface area contributed by atoms with E-state index in [1.165, 1.54) is 12.4 Å². The number of pyridine rings is 1. The summed E-state index contributed by atoms with van der Waals surface area (Å²) in [6.45, 7) is -0.278. The largest absolute Gasteiger partial charge is 0.326 e. The second-order valence-electron chi connectivity index (χ2n) is 4.57. The number of carbonyl (C=O) groups is 1. The average molecular weight is 303 g/mol. The van der Waals surface area contributed by atoms with Gasteiger partial charge in [0.1, 0.15) is 11.6 Å². The van der Waals surface area contributed by atoms with Gasteiger partial charge in [-0.15, -0.1) is 0 Å². The van der Waals surface area contributed by atoms with Gasteiger partial charge in [-0.3, -0.25) is 9.89 Å². The molecule has 3 rings (SSSR count). The number of H-pyrrole nitrogens is 1. The Morgan fingerprint density at radius 2 is 2.05 bits per heavy atom. The second-order valence-corrected chi connectivity index (χ2v) is 4.57. The predicted molar refractivity (Wildman–Crippen MR) is 76.1 cm³/mol. The van der Waals surface area contributed by atoms with Crippen LogP contribution in [0.2, 0.25) is 0 Å². The van der Waals surface area contributed by atoms with Crippen molar-refractivity contribution in [2.45, 2.75) is 6.54 Å². The van der Waals surface area contributed by atoms with E-state index in [-0.39, 0.29) is 17.7 Å². The minimum atomic E-state index is -0.851. The molecular weight excluding hydrogens is 292 g/mol. The Kier molecular flexibility index (Phi) is 3.51. The number of rotatable bonds is 3. The van der Waals surface area contributed by atoms with Crippen molar-refractivity contribution in [2.75, 3.05) is 5.32 Å². The molecule has 0 atom stereocenters. The van der Waals surface area contributed by atoms with Crippen molar-refractivity contribution >= 4 is 22.6 Å². The van der Waals surface area contributed by atoms with Gasteiger partial charge in [0.05, 0.1) is 17.3 Å². The van der Waals surface area contributed by atoms with Crippen LogP contribution in [0.1, 0.15) is 15.9 Å². The Morgan fingerprint density at radius 3 is 2.73 bits per heavy atom. The molecular formula is C14H11F2N5O. The topological polar surface area (TPSA) is 96.7 Å². The molecule has 112 valence electrons. The number of aromatic nitrogens is 3. The molecule has 0 bridgehead atoms. The van der Waals surface area contributed by atoms with Gasteiger partial charge in [-0.05, 0) is 18.2 Å². The summed E-state index contributed by atoms with van der Waals surface area (Å²) in [4.78, 5) is 16.2. The first-order valence-electron chi connectivity index (χ1n) is 6.37. The fourth-order valence-electron chi connectivity index (χ4n) is 2.08. The number of nitrogens with one attached hydrogen (secondary N) is 2. The second kappa shape index (κ2) is 5.49. The molecule has 0 spiro atoms. The van der Waals surface area contributed by atoms with E-state index in [0.717, 1.165) is 12.1 Å². The lowest BCUT2D eigenvalue weighted by Crippen LogP contribution is -2.14. The Balaban J connectivity index is 1.93. The Hall–Kier alpha value is -2.87. The summed E-state index contributed by atoms with van der Waals surface area (Å²) in [6, 6.07) is 3.47. The molecule has 0 radical (unpaired) electrons. The molecule has 4 N–H and O–H groups in total. The molecule has 2 aromatic heterocycles. The third-order valence-electron chi connectivity index (χ3n) is 3.21. The quantitative estimate of drug-likeness (QED) is 0.689. The zero-order chi connectivity index (χ0) is 15.7. The molecule has 22 heavy (non-hydrogen) atoms. The molecule has 0 fully saturated rings. The van der Waals surface area contributed by atoms with Crippen LogP contribution < -0.4 is 11.1 Å². The number of benzene rings is 1. The molecule has 1 aromatic carbocycles. The number of amides is 1. The molecule has 3 aromatic rings. The first-order valence-corrected chi connectivity index (χ1v) is 6.37. The maximum absolute atomic E-state index is 13.7. The molecule has 2 heterocycles. The smallest absolute Gasteiger partial charge is 0.255 e. The van der Waals surface area contributed by atoms with Crippen LogP contribution >= 0.6 is 0 Å². The number of nitrogens with two attached hydrogens (primary N) is 1. The molecule has 0 saturated heterocycles. The van der Waals surface area contributed by atoms with E-state index in [2.05, 4.69) is 20.5 Å². The van der Waals surface area contributed by atoms with Crippen molar-refractivity contribution in [1.82, 2.24) is 15.2 Å². The van der Waals surface area contributed by atoms with E-state index in [4.69, 9.17) is 5.73 Å². The van der Waals surface area contributed by atoms with E-state index in [9.17, 15) is 13.6 Å². The lowest BCUT2D eigenvalue weighted by Gasteiger charge is -2.08. The summed E-state index contributed by atoms with van der Waals surface area (Å²) in [5.74, 6) is -2.35. The van der Waals surface area contributed by atoms with Crippen molar-refractivity contribution in [3.63, 3.8) is 0 Å². The molecule has 0 aliphatic rings. The number of carbonyl (C=O) groups excluding carboxylic acids is 1. The normalized spacial score (nSPS) is 10.9. The lowest BCUT2D eigenvalue weighted by molar-refractivity contribution is 0.102. The highest BCUT2D eigenvalue weighted by Gasteiger charge is 2.15. The van der Waals surface area contributed by atoms with Gasteiger partial charge in [0.2, 0.25) is 0 Å². The Bertz CT molecular complexity index is 838. The molecule has 6 nitrogen and oxygen atoms in total. The number of aromatic amines is 1. The highest BCUT2D eigenvalue weighted by molar-refractivity contribution is 6.08. The van der Waals surface area contributed by atoms with Gasteiger partial charge in [-0.1, -0.05) is 0 Å². The van der Waals surface area contributed by atoms with E-state index in [1.54, 1.807) is 6.07 Å². The number of nitrogens with zero attached hydrogens (tertiary/aromatic N) is 2. The Labute approximate surface area is 123 Å². The van der Waals surface area contributed by atoms with Crippen LogP contribution in [0.15, 0.2) is 30.6 Å². The summed E-state index contributed by atoms with van der Waals surface area (Å²) in [5.41, 5.74) is 5.79. The van der Waals surface area contributed by atoms with Crippen LogP contribution in [-0.2, 0) is 6.54 Å². The highest BCUT2D eigenvalue weighted by atomic mass is 19.1. The van der Waals surface area contributed by atoms with Gasteiger partial charge >= 0.3 is 0 Å².